The Morgan fingerprint density at radius 1 is 0.642 bits per heavy atom. The van der Waals surface area contributed by atoms with Crippen LogP contribution in [0.3, 0.4) is 0 Å². The molecule has 0 heterocycles. The predicted octanol–water partition coefficient (Wildman–Crippen LogP) is 11.3. The lowest BCUT2D eigenvalue weighted by atomic mass is 10.1. The summed E-state index contributed by atoms with van der Waals surface area (Å²) in [6.07, 6.45) is 43.4. The lowest BCUT2D eigenvalue weighted by molar-refractivity contribution is -0.870. The molecule has 0 aromatic heterocycles. The van der Waals surface area contributed by atoms with Crippen LogP contribution in [0.1, 0.15) is 187 Å². The summed E-state index contributed by atoms with van der Waals surface area (Å²) in [5.74, 6) is -0.215. The molecule has 0 saturated carbocycles. The van der Waals surface area contributed by atoms with E-state index in [4.69, 9.17) is 9.05 Å². The van der Waals surface area contributed by atoms with Gasteiger partial charge in [0.15, 0.2) is 0 Å². The molecule has 0 radical (unpaired) electrons. The fourth-order valence-corrected chi connectivity index (χ4v) is 6.79. The summed E-state index contributed by atoms with van der Waals surface area (Å²) in [6.45, 7) is 4.59. The molecule has 9 heteroatoms. The number of amides is 1. The number of carbonyl (C=O) groups is 1. The van der Waals surface area contributed by atoms with E-state index in [0.717, 1.165) is 44.9 Å². The first-order chi connectivity index (χ1) is 25.5. The van der Waals surface area contributed by atoms with Crippen molar-refractivity contribution in [2.45, 2.75) is 199 Å². The molecular formula is C44H85N2O6P. The number of likely N-dealkylation sites (N-methyl/N-ethyl adjacent to an activating group) is 1. The van der Waals surface area contributed by atoms with E-state index in [0.29, 0.717) is 17.4 Å². The monoisotopic (exact) mass is 769 g/mol. The van der Waals surface area contributed by atoms with Crippen LogP contribution in [0.2, 0.25) is 0 Å². The van der Waals surface area contributed by atoms with Crippen LogP contribution in [0.25, 0.3) is 0 Å². The lowest BCUT2D eigenvalue weighted by Gasteiger charge is -2.29. The highest BCUT2D eigenvalue weighted by Gasteiger charge is 2.23. The third-order valence-electron chi connectivity index (χ3n) is 9.58. The molecule has 0 spiro atoms. The van der Waals surface area contributed by atoms with Gasteiger partial charge in [-0.3, -0.25) is 9.36 Å². The van der Waals surface area contributed by atoms with Gasteiger partial charge in [-0.2, -0.15) is 0 Å². The van der Waals surface area contributed by atoms with Gasteiger partial charge in [-0.15, -0.1) is 0 Å². The summed E-state index contributed by atoms with van der Waals surface area (Å²) in [4.78, 5) is 25.2. The first-order valence-corrected chi connectivity index (χ1v) is 23.3. The van der Waals surface area contributed by atoms with Crippen molar-refractivity contribution in [1.29, 1.82) is 0 Å². The van der Waals surface area contributed by atoms with Gasteiger partial charge in [-0.25, -0.2) is 0 Å². The number of phosphoric acid groups is 1. The first-order valence-electron chi connectivity index (χ1n) is 21.9. The number of hydrogen-bond donors (Lipinski definition) is 2. The molecule has 1 amide bonds. The molecule has 0 aromatic rings. The van der Waals surface area contributed by atoms with Gasteiger partial charge in [-0.1, -0.05) is 172 Å². The number of nitrogens with one attached hydrogen (secondary N) is 1. The zero-order valence-corrected chi connectivity index (χ0v) is 36.1. The van der Waals surface area contributed by atoms with Crippen LogP contribution < -0.4 is 10.2 Å². The van der Waals surface area contributed by atoms with Crippen LogP contribution in [0.15, 0.2) is 36.5 Å². The van der Waals surface area contributed by atoms with Crippen molar-refractivity contribution < 1.29 is 32.9 Å². The maximum atomic E-state index is 12.8. The smallest absolute Gasteiger partial charge is 0.268 e. The summed E-state index contributed by atoms with van der Waals surface area (Å²) >= 11 is 0. The third-order valence-corrected chi connectivity index (χ3v) is 10.5. The quantitative estimate of drug-likeness (QED) is 0.0279. The van der Waals surface area contributed by atoms with Crippen LogP contribution in [-0.2, 0) is 18.4 Å². The van der Waals surface area contributed by atoms with Crippen LogP contribution in [0, 0.1) is 0 Å². The Balaban J connectivity index is 4.45. The standard InChI is InChI=1S/C44H85N2O6P/c1-6-8-10-12-14-16-18-19-20-21-22-23-24-25-26-27-28-29-31-33-35-37-43(47)42(41-52-53(49,50)51-40-39-46(3,4)5)45-44(48)38-36-34-32-30-17-15-13-11-9-7-2/h24-25,28-29,35,37,42-43,47H,6-23,26-27,30-34,36,38-41H2,1-5H3,(H-,45,48,49,50)/b25-24+,29-28+,37-35+. The van der Waals surface area contributed by atoms with Gasteiger partial charge < -0.3 is 28.8 Å². The number of phosphoric ester groups is 1. The Morgan fingerprint density at radius 3 is 1.53 bits per heavy atom. The van der Waals surface area contributed by atoms with Crippen molar-refractivity contribution in [3.63, 3.8) is 0 Å². The molecular weight excluding hydrogens is 683 g/mol. The van der Waals surface area contributed by atoms with Crippen molar-refractivity contribution in [3.05, 3.63) is 36.5 Å². The summed E-state index contributed by atoms with van der Waals surface area (Å²) in [5, 5.41) is 13.7. The average Bonchev–Trinajstić information content (AvgIpc) is 3.10. The van der Waals surface area contributed by atoms with E-state index in [9.17, 15) is 19.4 Å². The first kappa shape index (κ1) is 51.7. The zero-order valence-electron chi connectivity index (χ0n) is 35.2. The number of nitrogens with zero attached hydrogens (tertiary/aromatic N) is 1. The van der Waals surface area contributed by atoms with Gasteiger partial charge in [0.2, 0.25) is 5.91 Å². The number of carbonyl (C=O) groups excluding carboxylic acids is 1. The van der Waals surface area contributed by atoms with Gasteiger partial charge in [-0.05, 0) is 44.9 Å². The van der Waals surface area contributed by atoms with Gasteiger partial charge in [0, 0.05) is 6.42 Å². The molecule has 0 fully saturated rings. The third kappa shape index (κ3) is 38.8. The molecule has 0 saturated heterocycles. The van der Waals surface area contributed by atoms with Gasteiger partial charge in [0.05, 0.1) is 39.9 Å². The minimum absolute atomic E-state index is 0.00819. The second kappa shape index (κ2) is 36.4. The van der Waals surface area contributed by atoms with Crippen molar-refractivity contribution in [1.82, 2.24) is 5.32 Å². The van der Waals surface area contributed by atoms with E-state index >= 15 is 0 Å². The van der Waals surface area contributed by atoms with E-state index in [2.05, 4.69) is 43.5 Å². The normalized spacial score (nSPS) is 14.8. The molecule has 0 rings (SSSR count). The molecule has 0 aliphatic heterocycles. The topological polar surface area (TPSA) is 108 Å². The summed E-state index contributed by atoms with van der Waals surface area (Å²) in [6, 6.07) is -0.904. The molecule has 3 atom stereocenters. The Kier molecular flexibility index (Phi) is 35.5. The van der Waals surface area contributed by atoms with Crippen molar-refractivity contribution in [2.24, 2.45) is 0 Å². The SMILES string of the molecule is CCCCCCCCCCCCC/C=C/CC/C=C/CC/C=C/C(O)C(COP(=O)([O-])OCC[N+](C)(C)C)NC(=O)CCCCCCCCCCCC. The predicted molar refractivity (Wildman–Crippen MR) is 224 cm³/mol. The maximum Gasteiger partial charge on any atom is 0.268 e. The Morgan fingerprint density at radius 2 is 1.06 bits per heavy atom. The fourth-order valence-electron chi connectivity index (χ4n) is 6.07. The largest absolute Gasteiger partial charge is 0.756 e. The number of quaternary nitrogens is 1. The molecule has 8 nitrogen and oxygen atoms in total. The summed E-state index contributed by atoms with van der Waals surface area (Å²) in [7, 11) is 1.23. The highest BCUT2D eigenvalue weighted by atomic mass is 31.2. The molecule has 3 unspecified atom stereocenters. The number of aliphatic hydroxyl groups is 1. The zero-order chi connectivity index (χ0) is 39.3. The minimum Gasteiger partial charge on any atom is -0.756 e. The molecule has 0 bridgehead atoms. The fraction of sp³-hybridized carbons (Fsp3) is 0.841. The van der Waals surface area contributed by atoms with Crippen molar-refractivity contribution >= 4 is 13.7 Å². The van der Waals surface area contributed by atoms with Gasteiger partial charge >= 0.3 is 0 Å². The van der Waals surface area contributed by atoms with Crippen LogP contribution in [0.5, 0.6) is 0 Å². The van der Waals surface area contributed by atoms with Crippen molar-refractivity contribution in [2.75, 3.05) is 40.9 Å². The van der Waals surface area contributed by atoms with E-state index in [1.807, 2.05) is 27.2 Å². The number of aliphatic hydroxyl groups excluding tert-OH is 1. The minimum atomic E-state index is -4.59. The summed E-state index contributed by atoms with van der Waals surface area (Å²) in [5.41, 5.74) is 0. The second-order valence-corrected chi connectivity index (χ2v) is 17.4. The van der Waals surface area contributed by atoms with Gasteiger partial charge in [0.25, 0.3) is 7.82 Å². The highest BCUT2D eigenvalue weighted by molar-refractivity contribution is 7.45. The average molecular weight is 769 g/mol. The lowest BCUT2D eigenvalue weighted by Crippen LogP contribution is -2.45. The van der Waals surface area contributed by atoms with Crippen LogP contribution in [-0.4, -0.2) is 68.5 Å². The molecule has 0 aliphatic carbocycles. The number of hydrogen-bond acceptors (Lipinski definition) is 6. The molecule has 2 N–H and O–H groups in total. The highest BCUT2D eigenvalue weighted by Crippen LogP contribution is 2.38. The molecule has 312 valence electrons. The Hall–Kier alpha value is -1.28. The maximum absolute atomic E-state index is 12.8. The van der Waals surface area contributed by atoms with E-state index < -0.39 is 26.6 Å². The van der Waals surface area contributed by atoms with Crippen LogP contribution in [0.4, 0.5) is 0 Å². The number of unbranched alkanes of at least 4 members (excludes halogenated alkanes) is 22. The molecule has 53 heavy (non-hydrogen) atoms. The second-order valence-electron chi connectivity index (χ2n) is 16.0. The van der Waals surface area contributed by atoms with E-state index in [1.165, 1.54) is 122 Å². The number of rotatable bonds is 39. The Labute approximate surface area is 327 Å². The van der Waals surface area contributed by atoms with Crippen LogP contribution >= 0.6 is 7.82 Å². The van der Waals surface area contributed by atoms with E-state index in [-0.39, 0.29) is 12.5 Å². The molecule has 0 aliphatic rings. The van der Waals surface area contributed by atoms with Gasteiger partial charge in [0.1, 0.15) is 13.2 Å². The van der Waals surface area contributed by atoms with E-state index in [1.54, 1.807) is 6.08 Å². The number of allylic oxidation sites excluding steroid dienone is 5. The Bertz CT molecular complexity index is 964. The summed E-state index contributed by atoms with van der Waals surface area (Å²) < 4.78 is 23.1. The molecule has 0 aromatic carbocycles. The van der Waals surface area contributed by atoms with Crippen molar-refractivity contribution in [3.8, 4) is 0 Å².